The number of carbonyl (C=O) groups excluding carboxylic acids is 1. The van der Waals surface area contributed by atoms with E-state index < -0.39 is 16.3 Å². The van der Waals surface area contributed by atoms with Crippen molar-refractivity contribution in [2.75, 3.05) is 23.7 Å². The molecule has 53 heavy (non-hydrogen) atoms. The Morgan fingerprint density at radius 2 is 1.62 bits per heavy atom. The Kier molecular flexibility index (Phi) is 12.3. The molecule has 9 heteroatoms. The van der Waals surface area contributed by atoms with Crippen molar-refractivity contribution in [2.24, 2.45) is 0 Å². The largest absolute Gasteiger partial charge is 0.514 e. The van der Waals surface area contributed by atoms with Crippen LogP contribution in [0.3, 0.4) is 0 Å². The number of benzene rings is 2. The van der Waals surface area contributed by atoms with Crippen LogP contribution in [0.15, 0.2) is 83.3 Å². The van der Waals surface area contributed by atoms with E-state index in [0.717, 1.165) is 41.9 Å². The molecular formula is C44H59N2O6S+. The summed E-state index contributed by atoms with van der Waals surface area (Å²) in [5.41, 5.74) is 11.0. The van der Waals surface area contributed by atoms with Crippen LogP contribution in [-0.2, 0) is 30.4 Å². The van der Waals surface area contributed by atoms with Gasteiger partial charge in [-0.05, 0) is 115 Å². The molecule has 0 unspecified atom stereocenters. The van der Waals surface area contributed by atoms with Gasteiger partial charge < -0.3 is 14.4 Å². The highest BCUT2D eigenvalue weighted by Gasteiger charge is 2.44. The van der Waals surface area contributed by atoms with Crippen molar-refractivity contribution in [3.63, 3.8) is 0 Å². The molecule has 1 aliphatic carbocycles. The first-order chi connectivity index (χ1) is 24.9. The summed E-state index contributed by atoms with van der Waals surface area (Å²) in [4.78, 5) is 15.3. The number of fused-ring (bicyclic) bond motifs is 2. The van der Waals surface area contributed by atoms with Crippen LogP contribution in [0, 0.1) is 13.8 Å². The van der Waals surface area contributed by atoms with Gasteiger partial charge in [-0.1, -0.05) is 62.6 Å². The maximum Gasteiger partial charge on any atom is 0.514 e. The van der Waals surface area contributed by atoms with Crippen LogP contribution in [0.4, 0.5) is 16.2 Å². The SMILES string of the molecule is CCCCC[N+]1=C(/C=C/C2=C(OC(=O)OC(C)C)C(=C/C=C3/N(CCCCS(=O)(=O)O)c4ccc(C)cc4C3(C)C)/CC2)C(C)(C)c2cc(C)ccc21. The first-order valence-electron chi connectivity index (χ1n) is 19.3. The van der Waals surface area contributed by atoms with Crippen molar-refractivity contribution < 1.29 is 31.8 Å². The van der Waals surface area contributed by atoms with Gasteiger partial charge in [0.1, 0.15) is 12.3 Å². The van der Waals surface area contributed by atoms with E-state index in [4.69, 9.17) is 9.47 Å². The molecule has 8 nitrogen and oxygen atoms in total. The molecule has 0 saturated carbocycles. The number of nitrogens with zero attached hydrogens (tertiary/aromatic N) is 2. The Morgan fingerprint density at radius 3 is 2.30 bits per heavy atom. The molecule has 0 bridgehead atoms. The van der Waals surface area contributed by atoms with E-state index in [1.165, 1.54) is 40.1 Å². The molecule has 1 N–H and O–H groups in total. The monoisotopic (exact) mass is 743 g/mol. The second-order valence-electron chi connectivity index (χ2n) is 16.1. The van der Waals surface area contributed by atoms with Gasteiger partial charge in [0.15, 0.2) is 5.71 Å². The zero-order chi connectivity index (χ0) is 38.7. The molecule has 0 saturated heterocycles. The number of unbranched alkanes of at least 4 members (excludes halogenated alkanes) is 3. The van der Waals surface area contributed by atoms with Crippen LogP contribution in [0.25, 0.3) is 0 Å². The van der Waals surface area contributed by atoms with Crippen LogP contribution in [0.5, 0.6) is 0 Å². The predicted octanol–water partition coefficient (Wildman–Crippen LogP) is 10.3. The zero-order valence-electron chi connectivity index (χ0n) is 33.2. The Balaban J connectivity index is 1.55. The van der Waals surface area contributed by atoms with E-state index in [1.54, 1.807) is 0 Å². The van der Waals surface area contributed by atoms with Crippen molar-refractivity contribution in [3.05, 3.63) is 106 Å². The zero-order valence-corrected chi connectivity index (χ0v) is 34.0. The van der Waals surface area contributed by atoms with E-state index in [9.17, 15) is 17.8 Å². The maximum atomic E-state index is 13.0. The number of rotatable bonds is 14. The molecule has 3 aliphatic rings. The van der Waals surface area contributed by atoms with Gasteiger partial charge in [-0.15, -0.1) is 0 Å². The number of hydrogen-bond donors (Lipinski definition) is 1. The lowest BCUT2D eigenvalue weighted by atomic mass is 9.80. The van der Waals surface area contributed by atoms with Gasteiger partial charge in [0, 0.05) is 47.5 Å². The molecule has 0 radical (unpaired) electrons. The van der Waals surface area contributed by atoms with Crippen LogP contribution >= 0.6 is 0 Å². The summed E-state index contributed by atoms with van der Waals surface area (Å²) in [6.45, 7) is 20.6. The van der Waals surface area contributed by atoms with Gasteiger partial charge in [0.2, 0.25) is 5.69 Å². The normalized spacial score (nSPS) is 19.3. The third-order valence-electron chi connectivity index (χ3n) is 10.8. The predicted molar refractivity (Wildman–Crippen MR) is 215 cm³/mol. The van der Waals surface area contributed by atoms with E-state index in [-0.39, 0.29) is 22.7 Å². The second-order valence-corrected chi connectivity index (χ2v) is 17.7. The lowest BCUT2D eigenvalue weighted by Gasteiger charge is -2.27. The number of aryl methyl sites for hydroxylation is 2. The van der Waals surface area contributed by atoms with E-state index >= 15 is 0 Å². The topological polar surface area (TPSA) is 96.2 Å². The van der Waals surface area contributed by atoms with E-state index in [0.29, 0.717) is 38.0 Å². The average Bonchev–Trinajstić information content (AvgIpc) is 3.60. The highest BCUT2D eigenvalue weighted by molar-refractivity contribution is 7.85. The highest BCUT2D eigenvalue weighted by Crippen LogP contribution is 2.48. The lowest BCUT2D eigenvalue weighted by Crippen LogP contribution is -2.28. The average molecular weight is 744 g/mol. The quantitative estimate of drug-likeness (QED) is 0.0891. The third-order valence-corrected chi connectivity index (χ3v) is 11.6. The number of allylic oxidation sites excluding steroid dienone is 7. The molecule has 286 valence electrons. The van der Waals surface area contributed by atoms with Crippen molar-refractivity contribution in [2.45, 2.75) is 124 Å². The molecule has 2 aromatic carbocycles. The molecular weight excluding hydrogens is 685 g/mol. The Labute approximate surface area is 317 Å². The summed E-state index contributed by atoms with van der Waals surface area (Å²) >= 11 is 0. The van der Waals surface area contributed by atoms with Gasteiger partial charge in [0.25, 0.3) is 10.1 Å². The molecule has 2 heterocycles. The van der Waals surface area contributed by atoms with Gasteiger partial charge in [-0.25, -0.2) is 4.79 Å². The van der Waals surface area contributed by atoms with Crippen molar-refractivity contribution in [1.29, 1.82) is 0 Å². The summed E-state index contributed by atoms with van der Waals surface area (Å²) in [6.07, 6.45) is 13.3. The number of carbonyl (C=O) groups is 1. The third kappa shape index (κ3) is 9.06. The van der Waals surface area contributed by atoms with E-state index in [1.807, 2.05) is 13.8 Å². The van der Waals surface area contributed by atoms with Crippen LogP contribution < -0.4 is 4.90 Å². The molecule has 0 spiro atoms. The first kappa shape index (κ1) is 40.2. The van der Waals surface area contributed by atoms with Crippen molar-refractivity contribution in [3.8, 4) is 0 Å². The molecule has 2 aromatic rings. The molecule has 5 rings (SSSR count). The fraction of sp³-hybridized carbons (Fsp3) is 0.500. The molecule has 0 amide bonds. The van der Waals surface area contributed by atoms with Gasteiger partial charge in [-0.2, -0.15) is 13.0 Å². The summed E-state index contributed by atoms with van der Waals surface area (Å²) in [5.74, 6) is 0.274. The minimum Gasteiger partial charge on any atom is -0.431 e. The van der Waals surface area contributed by atoms with Crippen LogP contribution in [0.2, 0.25) is 0 Å². The van der Waals surface area contributed by atoms with Crippen LogP contribution in [-0.4, -0.2) is 54.4 Å². The highest BCUT2D eigenvalue weighted by atomic mass is 32.2. The second kappa shape index (κ2) is 16.2. The molecule has 0 aromatic heterocycles. The minimum absolute atomic E-state index is 0.198. The molecule has 0 atom stereocenters. The minimum atomic E-state index is -4.02. The molecule has 0 fully saturated rings. The van der Waals surface area contributed by atoms with Crippen LogP contribution in [0.1, 0.15) is 116 Å². The number of ether oxygens (including phenoxy) is 2. The van der Waals surface area contributed by atoms with Crippen molar-refractivity contribution in [1.82, 2.24) is 0 Å². The number of hydrogen-bond acceptors (Lipinski definition) is 6. The summed E-state index contributed by atoms with van der Waals surface area (Å²) in [7, 11) is -4.02. The Bertz CT molecular complexity index is 1990. The van der Waals surface area contributed by atoms with Gasteiger partial charge in [0.05, 0.1) is 17.3 Å². The Morgan fingerprint density at radius 1 is 0.925 bits per heavy atom. The maximum absolute atomic E-state index is 13.0. The van der Waals surface area contributed by atoms with Gasteiger partial charge >= 0.3 is 6.16 Å². The fourth-order valence-corrected chi connectivity index (χ4v) is 8.51. The fourth-order valence-electron chi connectivity index (χ4n) is 7.95. The summed E-state index contributed by atoms with van der Waals surface area (Å²) < 4.78 is 46.1. The van der Waals surface area contributed by atoms with Crippen molar-refractivity contribution >= 4 is 33.4 Å². The smallest absolute Gasteiger partial charge is 0.431 e. The summed E-state index contributed by atoms with van der Waals surface area (Å²) in [5, 5.41) is 0. The number of anilines is 1. The standard InChI is InChI=1S/C44H58N2O6S/c1-10-11-12-25-45-37-21-15-31(4)28-35(37)43(6,7)39(45)23-19-33-17-18-34(41(33)52-42(47)51-30(2)3)20-24-40-44(8,9)36-29-32(5)16-22-38(36)46(40)26-13-14-27-53(48,49)50/h15-16,19-24,28-30H,10-14,17-18,25-27H2,1-9H3/p+1. The molecule has 2 aliphatic heterocycles. The van der Waals surface area contributed by atoms with E-state index in [2.05, 4.69) is 119 Å². The lowest BCUT2D eigenvalue weighted by molar-refractivity contribution is -0.438. The first-order valence-corrected chi connectivity index (χ1v) is 20.9. The van der Waals surface area contributed by atoms with Gasteiger partial charge in [-0.3, -0.25) is 4.55 Å². The Hall–Kier alpha value is -3.95. The summed E-state index contributed by atoms with van der Waals surface area (Å²) in [6, 6.07) is 13.2.